The number of rotatable bonds is 9. The number of hydrogen-bond donors (Lipinski definition) is 1. The smallest absolute Gasteiger partial charge is 0.487 e. The number of aliphatic carboxylic acids is 1. The summed E-state index contributed by atoms with van der Waals surface area (Å²) in [5, 5.41) is 8.73. The third-order valence-electron chi connectivity index (χ3n) is 4.36. The van der Waals surface area contributed by atoms with Gasteiger partial charge in [-0.1, -0.05) is 12.1 Å². The number of pyridine rings is 1. The third-order valence-corrected chi connectivity index (χ3v) is 4.36. The lowest BCUT2D eigenvalue weighted by molar-refractivity contribution is -0.274. The largest absolute Gasteiger partial charge is 0.573 e. The number of benzene rings is 1. The van der Waals surface area contributed by atoms with Crippen molar-refractivity contribution in [3.05, 3.63) is 48.3 Å². The number of halogens is 3. The molecule has 2 aromatic rings. The summed E-state index contributed by atoms with van der Waals surface area (Å²) in [4.78, 5) is 16.8. The summed E-state index contributed by atoms with van der Waals surface area (Å²) in [6.45, 7) is 1.39. The maximum Gasteiger partial charge on any atom is 0.573 e. The average molecular weight is 442 g/mol. The van der Waals surface area contributed by atoms with Crippen LogP contribution in [0.5, 0.6) is 11.5 Å². The highest BCUT2D eigenvalue weighted by atomic mass is 19.4. The zero-order valence-corrected chi connectivity index (χ0v) is 16.4. The molecule has 1 atom stereocenters. The van der Waals surface area contributed by atoms with E-state index >= 15 is 0 Å². The normalized spacial score (nSPS) is 16.7. The molecule has 0 saturated carbocycles. The molecule has 1 aromatic heterocycles. The maximum absolute atomic E-state index is 12.2. The van der Waals surface area contributed by atoms with Gasteiger partial charge in [0, 0.05) is 12.6 Å². The van der Waals surface area contributed by atoms with Crippen LogP contribution in [0.2, 0.25) is 0 Å². The fourth-order valence-electron chi connectivity index (χ4n) is 3.01. The van der Waals surface area contributed by atoms with E-state index in [0.29, 0.717) is 31.1 Å². The molecular weight excluding hydrogens is 421 g/mol. The van der Waals surface area contributed by atoms with E-state index in [9.17, 15) is 18.0 Å². The molecule has 8 nitrogen and oxygen atoms in total. The van der Waals surface area contributed by atoms with Crippen molar-refractivity contribution in [2.24, 2.45) is 0 Å². The topological polar surface area (TPSA) is 90.4 Å². The van der Waals surface area contributed by atoms with Crippen LogP contribution in [0.4, 0.5) is 18.9 Å². The highest BCUT2D eigenvalue weighted by Gasteiger charge is 2.31. The van der Waals surface area contributed by atoms with Gasteiger partial charge in [-0.15, -0.1) is 13.2 Å². The molecule has 168 valence electrons. The lowest BCUT2D eigenvalue weighted by atomic mass is 10.2. The maximum atomic E-state index is 12.2. The lowest BCUT2D eigenvalue weighted by Crippen LogP contribution is -2.48. The van der Waals surface area contributed by atoms with E-state index < -0.39 is 18.9 Å². The van der Waals surface area contributed by atoms with Crippen molar-refractivity contribution in [1.82, 2.24) is 4.98 Å². The molecule has 3 rings (SSSR count). The van der Waals surface area contributed by atoms with E-state index in [4.69, 9.17) is 19.3 Å². The minimum Gasteiger partial charge on any atom is -0.487 e. The van der Waals surface area contributed by atoms with Crippen LogP contribution in [-0.4, -0.2) is 61.4 Å². The molecule has 1 aromatic carbocycles. The second-order valence-corrected chi connectivity index (χ2v) is 6.69. The van der Waals surface area contributed by atoms with Crippen molar-refractivity contribution in [2.75, 3.05) is 37.9 Å². The molecule has 0 bridgehead atoms. The van der Waals surface area contributed by atoms with Crippen LogP contribution in [0.3, 0.4) is 0 Å². The summed E-state index contributed by atoms with van der Waals surface area (Å²) < 4.78 is 56.9. The van der Waals surface area contributed by atoms with Gasteiger partial charge in [-0.05, 0) is 17.7 Å². The van der Waals surface area contributed by atoms with E-state index in [-0.39, 0.29) is 25.0 Å². The molecule has 0 unspecified atom stereocenters. The van der Waals surface area contributed by atoms with Gasteiger partial charge in [-0.2, -0.15) is 0 Å². The van der Waals surface area contributed by atoms with Crippen molar-refractivity contribution in [1.29, 1.82) is 0 Å². The fraction of sp³-hybridized carbons (Fsp3) is 0.400. The van der Waals surface area contributed by atoms with Gasteiger partial charge in [0.15, 0.2) is 0 Å². The summed E-state index contributed by atoms with van der Waals surface area (Å²) in [5.74, 6) is -0.869. The monoisotopic (exact) mass is 442 g/mol. The van der Waals surface area contributed by atoms with E-state index in [2.05, 4.69) is 9.72 Å². The first kappa shape index (κ1) is 22.6. The number of anilines is 1. The molecule has 0 aliphatic carbocycles. The van der Waals surface area contributed by atoms with Crippen molar-refractivity contribution in [3.63, 3.8) is 0 Å². The van der Waals surface area contributed by atoms with Gasteiger partial charge in [-0.25, -0.2) is 4.79 Å². The Morgan fingerprint density at radius 3 is 2.71 bits per heavy atom. The number of carbonyl (C=O) groups is 1. The van der Waals surface area contributed by atoms with Gasteiger partial charge in [0.05, 0.1) is 43.9 Å². The average Bonchev–Trinajstić information content (AvgIpc) is 2.72. The summed E-state index contributed by atoms with van der Waals surface area (Å²) in [5.41, 5.74) is 1.42. The molecule has 0 radical (unpaired) electrons. The van der Waals surface area contributed by atoms with Crippen LogP contribution >= 0.6 is 0 Å². The van der Waals surface area contributed by atoms with Crippen molar-refractivity contribution in [3.8, 4) is 11.5 Å². The molecule has 1 fully saturated rings. The summed E-state index contributed by atoms with van der Waals surface area (Å²) >= 11 is 0. The van der Waals surface area contributed by atoms with Gasteiger partial charge in [-0.3, -0.25) is 4.98 Å². The van der Waals surface area contributed by atoms with Crippen LogP contribution in [0.25, 0.3) is 0 Å². The Kier molecular flexibility index (Phi) is 7.53. The molecule has 31 heavy (non-hydrogen) atoms. The molecular formula is C20H21F3N2O6. The number of ether oxygens (including phenoxy) is 4. The fourth-order valence-corrected chi connectivity index (χ4v) is 3.01. The Bertz CT molecular complexity index is 863. The molecule has 1 aliphatic rings. The number of morpholine rings is 1. The minimum absolute atomic E-state index is 0.131. The highest BCUT2D eigenvalue weighted by Crippen LogP contribution is 2.25. The van der Waals surface area contributed by atoms with Crippen LogP contribution < -0.4 is 14.4 Å². The number of hydrogen-bond acceptors (Lipinski definition) is 7. The standard InChI is InChI=1S/C20H21F3N2O6/c21-20(22,23)31-17-3-1-14(2-4-17)10-30-18-7-15(8-24-9-18)25-5-6-28-11-16(25)12-29-13-19(26)27/h1-4,7-9,16H,5-6,10-13H2,(H,26,27)/t16-/m1/s1. The first-order chi connectivity index (χ1) is 14.8. The Hall–Kier alpha value is -3.05. The number of alkyl halides is 3. The van der Waals surface area contributed by atoms with Gasteiger partial charge in [0.25, 0.3) is 0 Å². The van der Waals surface area contributed by atoms with Crippen molar-refractivity contribution >= 4 is 11.7 Å². The highest BCUT2D eigenvalue weighted by molar-refractivity contribution is 5.68. The van der Waals surface area contributed by atoms with Crippen molar-refractivity contribution in [2.45, 2.75) is 19.0 Å². The second-order valence-electron chi connectivity index (χ2n) is 6.69. The van der Waals surface area contributed by atoms with E-state index in [1.807, 2.05) is 4.90 Å². The Morgan fingerprint density at radius 2 is 2.00 bits per heavy atom. The predicted octanol–water partition coefficient (Wildman–Crippen LogP) is 2.87. The van der Waals surface area contributed by atoms with Crippen LogP contribution in [0.15, 0.2) is 42.7 Å². The van der Waals surface area contributed by atoms with Gasteiger partial charge >= 0.3 is 12.3 Å². The molecule has 1 N–H and O–H groups in total. The Balaban J connectivity index is 1.59. The molecule has 11 heteroatoms. The molecule has 1 aliphatic heterocycles. The number of carboxylic acid groups (broad SMARTS) is 1. The SMILES string of the molecule is O=C(O)COC[C@H]1COCCN1c1cncc(OCc2ccc(OC(F)(F)F)cc2)c1. The summed E-state index contributed by atoms with van der Waals surface area (Å²) in [6.07, 6.45) is -1.55. The predicted molar refractivity (Wildman–Crippen MR) is 102 cm³/mol. The minimum atomic E-state index is -4.74. The van der Waals surface area contributed by atoms with E-state index in [1.165, 1.54) is 30.5 Å². The lowest BCUT2D eigenvalue weighted by Gasteiger charge is -2.37. The molecule has 1 saturated heterocycles. The second kappa shape index (κ2) is 10.3. The van der Waals surface area contributed by atoms with Crippen molar-refractivity contribution < 1.29 is 42.0 Å². The number of nitrogens with zero attached hydrogens (tertiary/aromatic N) is 2. The van der Waals surface area contributed by atoms with Crippen LogP contribution in [-0.2, 0) is 20.9 Å². The van der Waals surface area contributed by atoms with Gasteiger partial charge < -0.3 is 29.0 Å². The zero-order valence-electron chi connectivity index (χ0n) is 16.4. The van der Waals surface area contributed by atoms with E-state index in [0.717, 1.165) is 5.69 Å². The van der Waals surface area contributed by atoms with Crippen LogP contribution in [0, 0.1) is 0 Å². The Morgan fingerprint density at radius 1 is 1.23 bits per heavy atom. The quantitative estimate of drug-likeness (QED) is 0.634. The zero-order chi connectivity index (χ0) is 22.3. The summed E-state index contributed by atoms with van der Waals surface area (Å²) in [6, 6.07) is 7.01. The van der Waals surface area contributed by atoms with Gasteiger partial charge in [0.2, 0.25) is 0 Å². The van der Waals surface area contributed by atoms with Crippen LogP contribution in [0.1, 0.15) is 5.56 Å². The summed E-state index contributed by atoms with van der Waals surface area (Å²) in [7, 11) is 0. The molecule has 2 heterocycles. The molecule has 0 spiro atoms. The molecule has 0 amide bonds. The number of carboxylic acids is 1. The first-order valence-electron chi connectivity index (χ1n) is 9.36. The van der Waals surface area contributed by atoms with Gasteiger partial charge in [0.1, 0.15) is 24.7 Å². The van der Waals surface area contributed by atoms with E-state index in [1.54, 1.807) is 12.3 Å². The third kappa shape index (κ3) is 7.30. The number of aromatic nitrogens is 1. The Labute approximate surface area is 176 Å². The first-order valence-corrected chi connectivity index (χ1v) is 9.36.